The van der Waals surface area contributed by atoms with Crippen molar-refractivity contribution in [2.45, 2.75) is 13.8 Å². The van der Waals surface area contributed by atoms with Gasteiger partial charge in [0.2, 0.25) is 5.91 Å². The number of likely N-dealkylation sites (N-methyl/N-ethyl adjacent to an activating group) is 1. The number of nitrogens with one attached hydrogen (secondary N) is 2. The van der Waals surface area contributed by atoms with Gasteiger partial charge in [0.15, 0.2) is 0 Å². The van der Waals surface area contributed by atoms with E-state index in [1.165, 1.54) is 0 Å². The molecular formula is C17H20N2O3. The number of benzene rings is 2. The highest BCUT2D eigenvalue weighted by atomic mass is 16.5. The fourth-order valence-corrected chi connectivity index (χ4v) is 2.19. The van der Waals surface area contributed by atoms with Crippen molar-refractivity contribution in [3.63, 3.8) is 0 Å². The number of carbonyl (C=O) groups is 2. The Kier molecular flexibility index (Phi) is 5.36. The lowest BCUT2D eigenvalue weighted by Crippen LogP contribution is -2.36. The molecule has 0 aromatic heterocycles. The summed E-state index contributed by atoms with van der Waals surface area (Å²) >= 11 is 0. The molecule has 2 amide bonds. The van der Waals surface area contributed by atoms with Crippen molar-refractivity contribution in [2.24, 2.45) is 0 Å². The smallest absolute Gasteiger partial charge is 0.255 e. The van der Waals surface area contributed by atoms with E-state index in [0.717, 1.165) is 10.8 Å². The number of fused-ring (bicyclic) bond motifs is 1. The Morgan fingerprint density at radius 2 is 1.73 bits per heavy atom. The summed E-state index contributed by atoms with van der Waals surface area (Å²) in [5, 5.41) is 7.21. The van der Waals surface area contributed by atoms with Crippen LogP contribution in [0.2, 0.25) is 0 Å². The molecule has 0 fully saturated rings. The fourth-order valence-electron chi connectivity index (χ4n) is 2.19. The maximum atomic E-state index is 12.3. The number of hydrogen-bond acceptors (Lipinski definition) is 3. The van der Waals surface area contributed by atoms with E-state index in [9.17, 15) is 9.59 Å². The number of ether oxygens (including phenoxy) is 1. The minimum absolute atomic E-state index is 0.0505. The summed E-state index contributed by atoms with van der Waals surface area (Å²) < 4.78 is 5.56. The summed E-state index contributed by atoms with van der Waals surface area (Å²) in [5.41, 5.74) is 0.435. The van der Waals surface area contributed by atoms with E-state index in [1.54, 1.807) is 6.07 Å². The van der Waals surface area contributed by atoms with Crippen LogP contribution in [0.5, 0.6) is 5.75 Å². The molecule has 0 saturated carbocycles. The Morgan fingerprint density at radius 3 is 2.36 bits per heavy atom. The minimum Gasteiger partial charge on any atom is -0.493 e. The summed E-state index contributed by atoms with van der Waals surface area (Å²) in [5.74, 6) is -0.00958. The molecular weight excluding hydrogens is 280 g/mol. The number of carbonyl (C=O) groups excluding carboxylic acids is 2. The first-order valence-corrected chi connectivity index (χ1v) is 7.36. The van der Waals surface area contributed by atoms with Gasteiger partial charge in [-0.15, -0.1) is 0 Å². The van der Waals surface area contributed by atoms with Gasteiger partial charge in [0.25, 0.3) is 5.91 Å². The highest BCUT2D eigenvalue weighted by Crippen LogP contribution is 2.26. The molecule has 0 bridgehead atoms. The average Bonchev–Trinajstić information content (AvgIpc) is 2.52. The predicted molar refractivity (Wildman–Crippen MR) is 86.1 cm³/mol. The van der Waals surface area contributed by atoms with E-state index in [2.05, 4.69) is 10.6 Å². The highest BCUT2D eigenvalue weighted by molar-refractivity contribution is 6.02. The molecule has 2 aromatic rings. The second-order valence-electron chi connectivity index (χ2n) is 4.76. The van der Waals surface area contributed by atoms with Crippen LogP contribution in [0.15, 0.2) is 36.4 Å². The van der Waals surface area contributed by atoms with Crippen LogP contribution in [-0.4, -0.2) is 31.5 Å². The van der Waals surface area contributed by atoms with Gasteiger partial charge in [-0.25, -0.2) is 0 Å². The second-order valence-corrected chi connectivity index (χ2v) is 4.76. The van der Waals surface area contributed by atoms with Crippen molar-refractivity contribution < 1.29 is 14.3 Å². The normalized spacial score (nSPS) is 10.3. The molecule has 2 aromatic carbocycles. The van der Waals surface area contributed by atoms with Crippen molar-refractivity contribution in [1.29, 1.82) is 0 Å². The third kappa shape index (κ3) is 3.75. The van der Waals surface area contributed by atoms with E-state index in [4.69, 9.17) is 4.74 Å². The van der Waals surface area contributed by atoms with Crippen LogP contribution in [0.25, 0.3) is 10.8 Å². The van der Waals surface area contributed by atoms with Crippen LogP contribution in [0.1, 0.15) is 24.2 Å². The lowest BCUT2D eigenvalue weighted by atomic mass is 10.1. The van der Waals surface area contributed by atoms with Gasteiger partial charge < -0.3 is 15.4 Å². The third-order valence-corrected chi connectivity index (χ3v) is 3.18. The standard InChI is InChI=1S/C17H20N2O3/c1-3-18-16(20)11-19-17(21)14-9-12-7-5-6-8-13(12)10-15(14)22-4-2/h5-10H,3-4,11H2,1-2H3,(H,18,20)(H,19,21). The van der Waals surface area contributed by atoms with Crippen molar-refractivity contribution in [1.82, 2.24) is 10.6 Å². The van der Waals surface area contributed by atoms with Crippen molar-refractivity contribution in [2.75, 3.05) is 19.7 Å². The molecule has 0 aliphatic rings. The van der Waals surface area contributed by atoms with Crippen LogP contribution in [0.4, 0.5) is 0 Å². The Balaban J connectivity index is 2.25. The number of amides is 2. The van der Waals surface area contributed by atoms with Gasteiger partial charge in [-0.2, -0.15) is 0 Å². The first-order chi connectivity index (χ1) is 10.7. The molecule has 0 atom stereocenters. The maximum Gasteiger partial charge on any atom is 0.255 e. The monoisotopic (exact) mass is 300 g/mol. The van der Waals surface area contributed by atoms with Crippen molar-refractivity contribution in [3.05, 3.63) is 42.0 Å². The van der Waals surface area contributed by atoms with Crippen LogP contribution in [-0.2, 0) is 4.79 Å². The molecule has 2 rings (SSSR count). The largest absolute Gasteiger partial charge is 0.493 e. The SMILES string of the molecule is CCNC(=O)CNC(=O)c1cc2ccccc2cc1OCC. The van der Waals surface area contributed by atoms with Crippen LogP contribution >= 0.6 is 0 Å². The topological polar surface area (TPSA) is 67.4 Å². The molecule has 0 aliphatic carbocycles. The molecule has 5 heteroatoms. The van der Waals surface area contributed by atoms with E-state index >= 15 is 0 Å². The maximum absolute atomic E-state index is 12.3. The molecule has 0 unspecified atom stereocenters. The van der Waals surface area contributed by atoms with Gasteiger partial charge in [0.1, 0.15) is 5.75 Å². The van der Waals surface area contributed by atoms with E-state index in [1.807, 2.05) is 44.2 Å². The quantitative estimate of drug-likeness (QED) is 0.858. The molecule has 0 spiro atoms. The lowest BCUT2D eigenvalue weighted by Gasteiger charge is -2.12. The van der Waals surface area contributed by atoms with Crippen LogP contribution in [0.3, 0.4) is 0 Å². The van der Waals surface area contributed by atoms with E-state index in [0.29, 0.717) is 24.5 Å². The lowest BCUT2D eigenvalue weighted by molar-refractivity contribution is -0.120. The van der Waals surface area contributed by atoms with Gasteiger partial charge in [0.05, 0.1) is 18.7 Å². The number of hydrogen-bond donors (Lipinski definition) is 2. The van der Waals surface area contributed by atoms with E-state index in [-0.39, 0.29) is 18.4 Å². The average molecular weight is 300 g/mol. The van der Waals surface area contributed by atoms with Crippen molar-refractivity contribution >= 4 is 22.6 Å². The fraction of sp³-hybridized carbons (Fsp3) is 0.294. The molecule has 0 saturated heterocycles. The van der Waals surface area contributed by atoms with Gasteiger partial charge in [-0.05, 0) is 36.8 Å². The summed E-state index contributed by atoms with van der Waals surface area (Å²) in [7, 11) is 0. The van der Waals surface area contributed by atoms with Gasteiger partial charge in [-0.1, -0.05) is 24.3 Å². The van der Waals surface area contributed by atoms with E-state index < -0.39 is 0 Å². The minimum atomic E-state index is -0.319. The van der Waals surface area contributed by atoms with Gasteiger partial charge in [0, 0.05) is 6.54 Å². The number of rotatable bonds is 6. The molecule has 0 aliphatic heterocycles. The molecule has 22 heavy (non-hydrogen) atoms. The Morgan fingerprint density at radius 1 is 1.05 bits per heavy atom. The summed E-state index contributed by atoms with van der Waals surface area (Å²) in [6, 6.07) is 11.4. The highest BCUT2D eigenvalue weighted by Gasteiger charge is 2.14. The second kappa shape index (κ2) is 7.45. The first kappa shape index (κ1) is 15.8. The van der Waals surface area contributed by atoms with Gasteiger partial charge >= 0.3 is 0 Å². The van der Waals surface area contributed by atoms with Gasteiger partial charge in [-0.3, -0.25) is 9.59 Å². The molecule has 2 N–H and O–H groups in total. The van der Waals surface area contributed by atoms with Crippen molar-refractivity contribution in [3.8, 4) is 5.75 Å². The zero-order valence-corrected chi connectivity index (χ0v) is 12.8. The summed E-state index contributed by atoms with van der Waals surface area (Å²) in [6.45, 7) is 4.65. The van der Waals surface area contributed by atoms with Crippen LogP contribution < -0.4 is 15.4 Å². The van der Waals surface area contributed by atoms with Crippen LogP contribution in [0, 0.1) is 0 Å². The Labute approximate surface area is 129 Å². The first-order valence-electron chi connectivity index (χ1n) is 7.36. The summed E-state index contributed by atoms with van der Waals surface area (Å²) in [4.78, 5) is 23.8. The Hall–Kier alpha value is -2.56. The molecule has 5 nitrogen and oxygen atoms in total. The molecule has 0 heterocycles. The molecule has 0 radical (unpaired) electrons. The Bertz CT molecular complexity index is 683. The molecule has 116 valence electrons. The zero-order valence-electron chi connectivity index (χ0n) is 12.8. The third-order valence-electron chi connectivity index (χ3n) is 3.18. The summed E-state index contributed by atoms with van der Waals surface area (Å²) in [6.07, 6.45) is 0. The zero-order chi connectivity index (χ0) is 15.9. The predicted octanol–water partition coefficient (Wildman–Crippen LogP) is 2.10.